The van der Waals surface area contributed by atoms with Crippen molar-refractivity contribution in [3.05, 3.63) is 24.3 Å². The van der Waals surface area contributed by atoms with Crippen molar-refractivity contribution in [2.24, 2.45) is 5.10 Å². The first kappa shape index (κ1) is 11.0. The van der Waals surface area contributed by atoms with E-state index in [1.165, 1.54) is 17.1 Å². The van der Waals surface area contributed by atoms with Crippen LogP contribution in [0.5, 0.6) is 0 Å². The minimum Gasteiger partial charge on any atom is -0.302 e. The van der Waals surface area contributed by atoms with E-state index < -0.39 is 11.1 Å². The van der Waals surface area contributed by atoms with Crippen molar-refractivity contribution in [2.75, 3.05) is 5.01 Å². The minimum atomic E-state index is -1.99. The summed E-state index contributed by atoms with van der Waals surface area (Å²) in [5, 5.41) is 5.38. The van der Waals surface area contributed by atoms with Gasteiger partial charge in [-0.15, -0.1) is 0 Å². The van der Waals surface area contributed by atoms with Crippen LogP contribution in [0, 0.1) is 0 Å². The molecule has 0 spiro atoms. The van der Waals surface area contributed by atoms with Gasteiger partial charge in [-0.05, 0) is 31.2 Å². The Morgan fingerprint density at radius 2 is 2.00 bits per heavy atom. The summed E-state index contributed by atoms with van der Waals surface area (Å²) >= 11 is -1.99. The smallest absolute Gasteiger partial charge is 0.253 e. The second kappa shape index (κ2) is 4.15. The molecule has 1 aliphatic rings. The fourth-order valence-electron chi connectivity index (χ4n) is 1.46. The molecule has 2 rings (SSSR count). The second-order valence-corrected chi connectivity index (χ2v) is 4.43. The summed E-state index contributed by atoms with van der Waals surface area (Å²) in [5.74, 6) is -0.0876. The Kier molecular flexibility index (Phi) is 2.84. The second-order valence-electron chi connectivity index (χ2n) is 3.46. The summed E-state index contributed by atoms with van der Waals surface area (Å²) in [6.45, 7) is 1.79. The third-order valence-electron chi connectivity index (χ3n) is 2.20. The molecule has 0 radical (unpaired) electrons. The van der Waals surface area contributed by atoms with Gasteiger partial charge in [-0.2, -0.15) is 5.10 Å². The molecule has 0 aromatic heterocycles. The standard InChI is InChI=1S/C10H10N2O3S/c1-7-6-10(13)12(11-7)8-2-4-9(5-3-8)16(14)15/h2-5H,6H2,1H3,(H,14,15). The first-order chi connectivity index (χ1) is 7.58. The molecule has 5 nitrogen and oxygen atoms in total. The van der Waals surface area contributed by atoms with Crippen molar-refractivity contribution in [1.82, 2.24) is 0 Å². The van der Waals surface area contributed by atoms with Crippen molar-refractivity contribution in [2.45, 2.75) is 18.2 Å². The molecule has 1 aliphatic heterocycles. The molecule has 0 bridgehead atoms. The number of hydrogen-bond donors (Lipinski definition) is 1. The van der Waals surface area contributed by atoms with E-state index in [0.717, 1.165) is 5.71 Å². The molecule has 1 N–H and O–H groups in total. The fourth-order valence-corrected chi connectivity index (χ4v) is 1.83. The molecule has 0 fully saturated rings. The third-order valence-corrected chi connectivity index (χ3v) is 2.87. The number of anilines is 1. The maximum Gasteiger partial charge on any atom is 0.253 e. The zero-order valence-corrected chi connectivity index (χ0v) is 9.40. The number of rotatable bonds is 2. The van der Waals surface area contributed by atoms with Crippen molar-refractivity contribution < 1.29 is 13.6 Å². The molecule has 16 heavy (non-hydrogen) atoms. The Bertz CT molecular complexity index is 481. The van der Waals surface area contributed by atoms with E-state index in [0.29, 0.717) is 17.0 Å². The Morgan fingerprint density at radius 1 is 1.38 bits per heavy atom. The zero-order chi connectivity index (χ0) is 11.7. The van der Waals surface area contributed by atoms with Crippen molar-refractivity contribution in [3.63, 3.8) is 0 Å². The molecule has 0 saturated heterocycles. The monoisotopic (exact) mass is 238 g/mol. The van der Waals surface area contributed by atoms with E-state index >= 15 is 0 Å². The average molecular weight is 238 g/mol. The van der Waals surface area contributed by atoms with Gasteiger partial charge in [0.2, 0.25) is 0 Å². The molecule has 1 aromatic carbocycles. The normalized spacial score (nSPS) is 17.5. The van der Waals surface area contributed by atoms with Gasteiger partial charge in [0.05, 0.1) is 17.0 Å². The highest BCUT2D eigenvalue weighted by molar-refractivity contribution is 7.79. The topological polar surface area (TPSA) is 70.0 Å². The molecule has 0 aliphatic carbocycles. The fraction of sp³-hybridized carbons (Fsp3) is 0.200. The summed E-state index contributed by atoms with van der Waals surface area (Å²) in [6.07, 6.45) is 0.327. The summed E-state index contributed by atoms with van der Waals surface area (Å²) in [4.78, 5) is 11.8. The molecule has 6 heteroatoms. The molecule has 1 aromatic rings. The van der Waals surface area contributed by atoms with Gasteiger partial charge in [0, 0.05) is 5.71 Å². The van der Waals surface area contributed by atoms with E-state index in [-0.39, 0.29) is 5.91 Å². The van der Waals surface area contributed by atoms with Gasteiger partial charge in [0.15, 0.2) is 11.1 Å². The molecular weight excluding hydrogens is 228 g/mol. The third kappa shape index (κ3) is 2.02. The first-order valence-corrected chi connectivity index (χ1v) is 5.76. The molecule has 1 heterocycles. The van der Waals surface area contributed by atoms with Crippen LogP contribution in [0.1, 0.15) is 13.3 Å². The molecule has 1 unspecified atom stereocenters. The van der Waals surface area contributed by atoms with Crippen LogP contribution in [0.4, 0.5) is 5.69 Å². The number of hydrazone groups is 1. The Balaban J connectivity index is 2.29. The predicted octanol–water partition coefficient (Wildman–Crippen LogP) is 1.38. The quantitative estimate of drug-likeness (QED) is 0.791. The van der Waals surface area contributed by atoms with Crippen LogP contribution in [0.2, 0.25) is 0 Å². The van der Waals surface area contributed by atoms with Crippen LogP contribution >= 0.6 is 0 Å². The van der Waals surface area contributed by atoms with Crippen molar-refractivity contribution in [3.8, 4) is 0 Å². The lowest BCUT2D eigenvalue weighted by Gasteiger charge is -2.11. The lowest BCUT2D eigenvalue weighted by Crippen LogP contribution is -2.19. The van der Waals surface area contributed by atoms with Crippen LogP contribution in [-0.2, 0) is 15.9 Å². The highest BCUT2D eigenvalue weighted by atomic mass is 32.2. The average Bonchev–Trinajstić information content (AvgIpc) is 2.58. The maximum atomic E-state index is 11.5. The Hall–Kier alpha value is -1.53. The van der Waals surface area contributed by atoms with Crippen LogP contribution in [-0.4, -0.2) is 20.4 Å². The number of carbonyl (C=O) groups excluding carboxylic acids is 1. The van der Waals surface area contributed by atoms with Crippen LogP contribution in [0.15, 0.2) is 34.3 Å². The van der Waals surface area contributed by atoms with Crippen LogP contribution in [0.25, 0.3) is 0 Å². The van der Waals surface area contributed by atoms with Crippen LogP contribution in [0.3, 0.4) is 0 Å². The van der Waals surface area contributed by atoms with Crippen LogP contribution < -0.4 is 5.01 Å². The molecular formula is C10H10N2O3S. The van der Waals surface area contributed by atoms with Gasteiger partial charge in [0.25, 0.3) is 5.91 Å². The van der Waals surface area contributed by atoms with Gasteiger partial charge < -0.3 is 4.55 Å². The lowest BCUT2D eigenvalue weighted by molar-refractivity contribution is -0.116. The van der Waals surface area contributed by atoms with E-state index in [4.69, 9.17) is 4.55 Å². The Labute approximate surface area is 95.0 Å². The number of nitrogens with zero attached hydrogens (tertiary/aromatic N) is 2. The zero-order valence-electron chi connectivity index (χ0n) is 8.58. The summed E-state index contributed by atoms with van der Waals surface area (Å²) in [5.41, 5.74) is 1.37. The van der Waals surface area contributed by atoms with E-state index in [1.807, 2.05) is 0 Å². The highest BCUT2D eigenvalue weighted by Gasteiger charge is 2.22. The van der Waals surface area contributed by atoms with Crippen molar-refractivity contribution in [1.29, 1.82) is 0 Å². The summed E-state index contributed by atoms with van der Waals surface area (Å²) < 4.78 is 19.6. The number of amides is 1. The highest BCUT2D eigenvalue weighted by Crippen LogP contribution is 2.21. The first-order valence-electron chi connectivity index (χ1n) is 4.66. The molecule has 84 valence electrons. The lowest BCUT2D eigenvalue weighted by atomic mass is 10.3. The Morgan fingerprint density at radius 3 is 2.44 bits per heavy atom. The number of carbonyl (C=O) groups is 1. The number of benzene rings is 1. The van der Waals surface area contributed by atoms with Gasteiger partial charge in [-0.1, -0.05) is 0 Å². The van der Waals surface area contributed by atoms with Crippen molar-refractivity contribution >= 4 is 28.4 Å². The molecule has 1 atom stereocenters. The van der Waals surface area contributed by atoms with Gasteiger partial charge in [-0.3, -0.25) is 4.79 Å². The number of hydrogen-bond acceptors (Lipinski definition) is 3. The van der Waals surface area contributed by atoms with E-state index in [2.05, 4.69) is 5.10 Å². The summed E-state index contributed by atoms with van der Waals surface area (Å²) in [7, 11) is 0. The minimum absolute atomic E-state index is 0.0876. The van der Waals surface area contributed by atoms with Gasteiger partial charge in [-0.25, -0.2) is 9.22 Å². The predicted molar refractivity (Wildman–Crippen MR) is 60.7 cm³/mol. The van der Waals surface area contributed by atoms with E-state index in [9.17, 15) is 9.00 Å². The maximum absolute atomic E-state index is 11.5. The summed E-state index contributed by atoms with van der Waals surface area (Å²) in [6, 6.07) is 6.21. The van der Waals surface area contributed by atoms with E-state index in [1.54, 1.807) is 19.1 Å². The largest absolute Gasteiger partial charge is 0.302 e. The van der Waals surface area contributed by atoms with Gasteiger partial charge in [0.1, 0.15) is 0 Å². The van der Waals surface area contributed by atoms with Gasteiger partial charge >= 0.3 is 0 Å². The molecule has 1 amide bonds. The SMILES string of the molecule is CC1=NN(c2ccc(S(=O)O)cc2)C(=O)C1. The molecule has 0 saturated carbocycles.